The Morgan fingerprint density at radius 1 is 0.600 bits per heavy atom. The van der Waals surface area contributed by atoms with Crippen LogP contribution in [0.1, 0.15) is 139 Å². The lowest BCUT2D eigenvalue weighted by molar-refractivity contribution is 0.402. The highest BCUT2D eigenvalue weighted by atomic mass is 15.0. The van der Waals surface area contributed by atoms with Crippen molar-refractivity contribution in [1.29, 1.82) is 0 Å². The first kappa shape index (κ1) is 31.7. The molecular formula is C34H59N. The van der Waals surface area contributed by atoms with Gasteiger partial charge in [0.05, 0.1) is 0 Å². The van der Waals surface area contributed by atoms with E-state index in [2.05, 4.69) is 76.2 Å². The summed E-state index contributed by atoms with van der Waals surface area (Å²) in [5, 5.41) is 0. The van der Waals surface area contributed by atoms with E-state index in [-0.39, 0.29) is 0 Å². The van der Waals surface area contributed by atoms with Crippen LogP contribution in [0.2, 0.25) is 0 Å². The number of rotatable bonds is 22. The maximum absolute atomic E-state index is 2.50. The second kappa shape index (κ2) is 21.9. The van der Waals surface area contributed by atoms with Gasteiger partial charge in [-0.2, -0.15) is 0 Å². The van der Waals surface area contributed by atoms with Crippen molar-refractivity contribution in [2.24, 2.45) is 0 Å². The molecule has 0 aliphatic carbocycles. The molecule has 1 aromatic rings. The molecule has 35 heavy (non-hydrogen) atoms. The Balaban J connectivity index is 2.31. The van der Waals surface area contributed by atoms with Gasteiger partial charge in [0, 0.05) is 6.54 Å². The molecule has 200 valence electrons. The molecule has 0 spiro atoms. The van der Waals surface area contributed by atoms with Crippen molar-refractivity contribution in [2.75, 3.05) is 14.1 Å². The predicted octanol–water partition coefficient (Wildman–Crippen LogP) is 10.5. The van der Waals surface area contributed by atoms with Gasteiger partial charge < -0.3 is 4.90 Å². The molecule has 0 bridgehead atoms. The first-order valence-corrected chi connectivity index (χ1v) is 15.2. The highest BCUT2D eigenvalue weighted by Crippen LogP contribution is 2.23. The van der Waals surface area contributed by atoms with E-state index in [0.717, 1.165) is 6.54 Å². The van der Waals surface area contributed by atoms with E-state index in [0.29, 0.717) is 0 Å². The quantitative estimate of drug-likeness (QED) is 0.118. The first-order valence-electron chi connectivity index (χ1n) is 15.2. The maximum Gasteiger partial charge on any atom is 0.0227 e. The van der Waals surface area contributed by atoms with Crippen LogP contribution in [0.5, 0.6) is 0 Å². The first-order chi connectivity index (χ1) is 17.1. The van der Waals surface area contributed by atoms with Gasteiger partial charge in [0.2, 0.25) is 0 Å². The normalized spacial score (nSPS) is 12.1. The average Bonchev–Trinajstić information content (AvgIpc) is 2.83. The van der Waals surface area contributed by atoms with Gasteiger partial charge in [-0.1, -0.05) is 114 Å². The highest BCUT2D eigenvalue weighted by molar-refractivity contribution is 5.39. The van der Waals surface area contributed by atoms with Crippen molar-refractivity contribution in [3.8, 4) is 0 Å². The van der Waals surface area contributed by atoms with Gasteiger partial charge in [0.1, 0.15) is 0 Å². The van der Waals surface area contributed by atoms with E-state index in [1.807, 2.05) is 0 Å². The minimum atomic E-state index is 1.05. The number of nitrogens with zero attached hydrogens (tertiary/aromatic N) is 1. The Morgan fingerprint density at radius 3 is 1.54 bits per heavy atom. The van der Waals surface area contributed by atoms with E-state index < -0.39 is 0 Å². The van der Waals surface area contributed by atoms with Crippen LogP contribution < -0.4 is 0 Å². The smallest absolute Gasteiger partial charge is 0.0227 e. The molecule has 1 rings (SSSR count). The molecule has 0 radical (unpaired) electrons. The van der Waals surface area contributed by atoms with Crippen LogP contribution in [0.4, 0.5) is 0 Å². The molecule has 0 saturated heterocycles. The van der Waals surface area contributed by atoms with Crippen LogP contribution in [0.25, 0.3) is 0 Å². The molecule has 0 heterocycles. The third kappa shape index (κ3) is 16.9. The molecule has 1 nitrogen and oxygen atoms in total. The molecule has 0 unspecified atom stereocenters. The summed E-state index contributed by atoms with van der Waals surface area (Å²) >= 11 is 0. The molecule has 0 N–H and O–H groups in total. The summed E-state index contributed by atoms with van der Waals surface area (Å²) in [6.45, 7) is 8.00. The number of allylic oxidation sites excluding steroid dienone is 4. The summed E-state index contributed by atoms with van der Waals surface area (Å²) in [4.78, 5) is 2.30. The fourth-order valence-electron chi connectivity index (χ4n) is 4.95. The average molecular weight is 482 g/mol. The van der Waals surface area contributed by atoms with Gasteiger partial charge >= 0.3 is 0 Å². The van der Waals surface area contributed by atoms with Crippen LogP contribution in [0.3, 0.4) is 0 Å². The van der Waals surface area contributed by atoms with Gasteiger partial charge in [-0.05, 0) is 94.6 Å². The molecule has 1 heteroatoms. The SMILES string of the molecule is CCCCC/C=C/C=C/CCCCCCCCc1cc(CN(C)C)cc(CCCCCCC)c1C. The summed E-state index contributed by atoms with van der Waals surface area (Å²) in [7, 11) is 4.37. The topological polar surface area (TPSA) is 3.24 Å². The zero-order valence-electron chi connectivity index (χ0n) is 24.3. The summed E-state index contributed by atoms with van der Waals surface area (Å²) in [6, 6.07) is 5.00. The van der Waals surface area contributed by atoms with E-state index in [1.54, 1.807) is 16.7 Å². The second-order valence-corrected chi connectivity index (χ2v) is 11.0. The minimum absolute atomic E-state index is 1.05. The molecule has 0 aliphatic heterocycles. The Bertz CT molecular complexity index is 682. The van der Waals surface area contributed by atoms with Crippen LogP contribution in [-0.2, 0) is 19.4 Å². The third-order valence-electron chi connectivity index (χ3n) is 7.16. The third-order valence-corrected chi connectivity index (χ3v) is 7.16. The molecule has 1 aromatic carbocycles. The van der Waals surface area contributed by atoms with Gasteiger partial charge in [-0.3, -0.25) is 0 Å². The molecule has 0 fully saturated rings. The number of hydrogen-bond donors (Lipinski definition) is 0. The van der Waals surface area contributed by atoms with Crippen LogP contribution >= 0.6 is 0 Å². The lowest BCUT2D eigenvalue weighted by atomic mass is 9.92. The number of hydrogen-bond acceptors (Lipinski definition) is 1. The largest absolute Gasteiger partial charge is 0.305 e. The summed E-state index contributed by atoms with van der Waals surface area (Å²) in [5.41, 5.74) is 6.30. The van der Waals surface area contributed by atoms with Crippen LogP contribution in [0, 0.1) is 6.92 Å². The van der Waals surface area contributed by atoms with Gasteiger partial charge in [-0.15, -0.1) is 0 Å². The molecule has 0 aromatic heterocycles. The number of benzene rings is 1. The minimum Gasteiger partial charge on any atom is -0.305 e. The Morgan fingerprint density at radius 2 is 1.03 bits per heavy atom. The number of unbranched alkanes of at least 4 members (excludes halogenated alkanes) is 13. The summed E-state index contributed by atoms with van der Waals surface area (Å²) in [5.74, 6) is 0. The van der Waals surface area contributed by atoms with E-state index in [9.17, 15) is 0 Å². The monoisotopic (exact) mass is 481 g/mol. The lowest BCUT2D eigenvalue weighted by Crippen LogP contribution is -2.12. The van der Waals surface area contributed by atoms with Gasteiger partial charge in [0.15, 0.2) is 0 Å². The number of aryl methyl sites for hydroxylation is 2. The van der Waals surface area contributed by atoms with Crippen LogP contribution in [-0.4, -0.2) is 19.0 Å². The van der Waals surface area contributed by atoms with Crippen molar-refractivity contribution in [2.45, 2.75) is 143 Å². The fraction of sp³-hybridized carbons (Fsp3) is 0.706. The summed E-state index contributed by atoms with van der Waals surface area (Å²) < 4.78 is 0. The summed E-state index contributed by atoms with van der Waals surface area (Å²) in [6.07, 6.45) is 33.2. The molecule has 0 amide bonds. The molecule has 0 atom stereocenters. The Labute approximate surface area is 220 Å². The van der Waals surface area contributed by atoms with E-state index in [4.69, 9.17) is 0 Å². The maximum atomic E-state index is 2.50. The highest BCUT2D eigenvalue weighted by Gasteiger charge is 2.09. The van der Waals surface area contributed by atoms with Crippen molar-refractivity contribution < 1.29 is 0 Å². The van der Waals surface area contributed by atoms with Crippen molar-refractivity contribution in [3.05, 3.63) is 58.7 Å². The predicted molar refractivity (Wildman–Crippen MR) is 159 cm³/mol. The van der Waals surface area contributed by atoms with E-state index in [1.165, 1.54) is 121 Å². The zero-order chi connectivity index (χ0) is 25.6. The second-order valence-electron chi connectivity index (χ2n) is 11.0. The Kier molecular flexibility index (Phi) is 19.8. The standard InChI is InChI=1S/C34H59N/c1-6-8-10-12-13-14-15-16-17-18-19-20-21-23-25-27-34-29-32(30-35(4)5)28-33(31(34)3)26-24-22-11-9-7-2/h13-16,28-29H,6-12,17-27,30H2,1-5H3/b14-13+,16-15+. The van der Waals surface area contributed by atoms with Gasteiger partial charge in [-0.25, -0.2) is 0 Å². The van der Waals surface area contributed by atoms with Crippen molar-refractivity contribution in [1.82, 2.24) is 4.90 Å². The fourth-order valence-corrected chi connectivity index (χ4v) is 4.95. The van der Waals surface area contributed by atoms with Crippen LogP contribution in [0.15, 0.2) is 36.4 Å². The van der Waals surface area contributed by atoms with E-state index >= 15 is 0 Å². The zero-order valence-corrected chi connectivity index (χ0v) is 24.3. The Hall–Kier alpha value is -1.34. The van der Waals surface area contributed by atoms with Crippen molar-refractivity contribution in [3.63, 3.8) is 0 Å². The van der Waals surface area contributed by atoms with Gasteiger partial charge in [0.25, 0.3) is 0 Å². The molecule has 0 aliphatic rings. The molecule has 0 saturated carbocycles. The lowest BCUT2D eigenvalue weighted by Gasteiger charge is -2.17. The van der Waals surface area contributed by atoms with Crippen molar-refractivity contribution >= 4 is 0 Å². The molecular weight excluding hydrogens is 422 g/mol.